The van der Waals surface area contributed by atoms with Crippen LogP contribution in [-0.2, 0) is 19.2 Å². The van der Waals surface area contributed by atoms with Gasteiger partial charge in [-0.25, -0.2) is 28.0 Å². The highest BCUT2D eigenvalue weighted by Gasteiger charge is 2.20. The molecule has 0 saturated carbocycles. The summed E-state index contributed by atoms with van der Waals surface area (Å²) in [4.78, 5) is 48.8. The first-order valence-corrected chi connectivity index (χ1v) is 13.5. The number of hydrogen-bond acceptors (Lipinski definition) is 8. The van der Waals surface area contributed by atoms with Crippen molar-refractivity contribution in [1.29, 1.82) is 0 Å². The fourth-order valence-corrected chi connectivity index (χ4v) is 3.52. The van der Waals surface area contributed by atoms with Crippen molar-refractivity contribution in [2.75, 3.05) is 0 Å². The molecule has 0 heterocycles. The van der Waals surface area contributed by atoms with Crippen LogP contribution in [0.5, 0.6) is 23.0 Å². The van der Waals surface area contributed by atoms with Crippen molar-refractivity contribution in [1.82, 2.24) is 0 Å². The van der Waals surface area contributed by atoms with E-state index in [1.54, 1.807) is 12.1 Å². The molecular weight excluding hydrogens is 598 g/mol. The minimum absolute atomic E-state index is 0.0162. The first kappa shape index (κ1) is 34.6. The highest BCUT2D eigenvalue weighted by Crippen LogP contribution is 2.39. The maximum atomic E-state index is 14.9. The zero-order chi connectivity index (χ0) is 34.3. The summed E-state index contributed by atoms with van der Waals surface area (Å²) in [5.41, 5.74) is 0.704. The molecule has 0 aromatic heterocycles. The highest BCUT2D eigenvalue weighted by molar-refractivity contribution is 5.93. The van der Waals surface area contributed by atoms with E-state index in [0.717, 1.165) is 18.2 Å². The van der Waals surface area contributed by atoms with Gasteiger partial charge >= 0.3 is 23.9 Å². The second-order valence-corrected chi connectivity index (χ2v) is 10.2. The number of rotatable bonds is 11. The lowest BCUT2D eigenvalue weighted by atomic mass is 10.0. The van der Waals surface area contributed by atoms with E-state index < -0.39 is 41.1 Å². The van der Waals surface area contributed by atoms with Crippen molar-refractivity contribution >= 4 is 36.0 Å². The summed E-state index contributed by atoms with van der Waals surface area (Å²) in [5.74, 6) is -5.39. The lowest BCUT2D eigenvalue weighted by Gasteiger charge is -2.16. The van der Waals surface area contributed by atoms with Crippen LogP contribution < -0.4 is 18.9 Å². The Labute approximate surface area is 264 Å². The summed E-state index contributed by atoms with van der Waals surface area (Å²) >= 11 is 0. The largest absolute Gasteiger partial charge is 0.423 e. The molecule has 0 amide bonds. The van der Waals surface area contributed by atoms with Crippen LogP contribution in [0.2, 0.25) is 0 Å². The predicted molar refractivity (Wildman–Crippen MR) is 169 cm³/mol. The average molecular weight is 629 g/mol. The number of hydrogen-bond donors (Lipinski definition) is 0. The number of carbonyl (C=O) groups is 4. The molecule has 0 spiro atoms. The Kier molecular flexibility index (Phi) is 11.1. The SMILES string of the molecule is C=C(C)C(=O)Oc1ccc(-c2cc(OC(=O)C(=C)C)c(/C=C/c3c(F)cc(OC(=O)C(=C)C)cc3F)cc2OC(=O)C(=C)C)cc1. The Morgan fingerprint density at radius 1 is 0.565 bits per heavy atom. The number of ether oxygens (including phenoxy) is 4. The number of esters is 4. The molecule has 0 aliphatic carbocycles. The summed E-state index contributed by atoms with van der Waals surface area (Å²) in [7, 11) is 0. The van der Waals surface area contributed by atoms with Gasteiger partial charge in [0, 0.05) is 51.1 Å². The van der Waals surface area contributed by atoms with Gasteiger partial charge in [0.1, 0.15) is 34.6 Å². The molecule has 10 heteroatoms. The second kappa shape index (κ2) is 14.7. The summed E-state index contributed by atoms with van der Waals surface area (Å²) in [6, 6.07) is 10.5. The van der Waals surface area contributed by atoms with Crippen LogP contribution in [0.1, 0.15) is 38.8 Å². The van der Waals surface area contributed by atoms with Crippen molar-refractivity contribution in [3.63, 3.8) is 0 Å². The first-order valence-electron chi connectivity index (χ1n) is 13.5. The van der Waals surface area contributed by atoms with Crippen LogP contribution in [0.25, 0.3) is 23.3 Å². The zero-order valence-corrected chi connectivity index (χ0v) is 25.6. The molecule has 0 fully saturated rings. The van der Waals surface area contributed by atoms with Gasteiger partial charge in [0.15, 0.2) is 0 Å². The lowest BCUT2D eigenvalue weighted by Crippen LogP contribution is -2.11. The van der Waals surface area contributed by atoms with Gasteiger partial charge in [-0.2, -0.15) is 0 Å². The van der Waals surface area contributed by atoms with Crippen LogP contribution in [0, 0.1) is 11.6 Å². The topological polar surface area (TPSA) is 105 Å². The van der Waals surface area contributed by atoms with Gasteiger partial charge in [-0.05, 0) is 63.6 Å². The van der Waals surface area contributed by atoms with Crippen LogP contribution in [0.3, 0.4) is 0 Å². The van der Waals surface area contributed by atoms with Crippen molar-refractivity contribution in [3.8, 4) is 34.1 Å². The normalized spacial score (nSPS) is 10.6. The van der Waals surface area contributed by atoms with E-state index in [9.17, 15) is 28.0 Å². The summed E-state index contributed by atoms with van der Waals surface area (Å²) in [6.45, 7) is 19.9. The zero-order valence-electron chi connectivity index (χ0n) is 25.6. The quantitative estimate of drug-likeness (QED) is 0.0920. The fourth-order valence-electron chi connectivity index (χ4n) is 3.52. The molecule has 0 aliphatic rings. The van der Waals surface area contributed by atoms with Crippen molar-refractivity contribution in [2.24, 2.45) is 0 Å². The van der Waals surface area contributed by atoms with E-state index in [2.05, 4.69) is 26.3 Å². The summed E-state index contributed by atoms with van der Waals surface area (Å²) < 4.78 is 51.1. The van der Waals surface area contributed by atoms with Crippen LogP contribution in [-0.4, -0.2) is 23.9 Å². The van der Waals surface area contributed by atoms with Crippen LogP contribution in [0.15, 0.2) is 97.1 Å². The molecule has 0 saturated heterocycles. The van der Waals surface area contributed by atoms with E-state index in [-0.39, 0.29) is 56.4 Å². The molecule has 0 N–H and O–H groups in total. The Balaban J connectivity index is 2.16. The van der Waals surface area contributed by atoms with Crippen molar-refractivity contribution in [3.05, 3.63) is 120 Å². The molecule has 0 atom stereocenters. The van der Waals surface area contributed by atoms with Crippen molar-refractivity contribution < 1.29 is 46.9 Å². The minimum Gasteiger partial charge on any atom is -0.423 e. The molecule has 3 aromatic carbocycles. The van der Waals surface area contributed by atoms with Crippen LogP contribution >= 0.6 is 0 Å². The molecule has 0 aliphatic heterocycles. The van der Waals surface area contributed by atoms with E-state index >= 15 is 0 Å². The third kappa shape index (κ3) is 8.82. The minimum atomic E-state index is -1.06. The Bertz CT molecular complexity index is 1810. The van der Waals surface area contributed by atoms with E-state index in [1.165, 1.54) is 58.0 Å². The third-order valence-corrected chi connectivity index (χ3v) is 5.98. The Morgan fingerprint density at radius 3 is 1.48 bits per heavy atom. The standard InChI is InChI=1S/C36H30F2O8/c1-19(2)33(39)43-25-12-9-23(10-13-25)28-18-31(45-35(41)21(5)6)24(15-32(28)46-36(42)22(7)8)11-14-27-29(37)16-26(17-30(27)38)44-34(40)20(3)4/h9-18H,1,3,5,7H2,2,4,6,8H3/b14-11+. The van der Waals surface area contributed by atoms with E-state index in [0.29, 0.717) is 5.56 Å². The molecule has 0 unspecified atom stereocenters. The molecule has 46 heavy (non-hydrogen) atoms. The van der Waals surface area contributed by atoms with Crippen molar-refractivity contribution in [2.45, 2.75) is 27.7 Å². The van der Waals surface area contributed by atoms with Gasteiger partial charge in [0.25, 0.3) is 0 Å². The number of carbonyl (C=O) groups excluding carboxylic acids is 4. The summed E-state index contributed by atoms with van der Waals surface area (Å²) in [5, 5.41) is 0. The van der Waals surface area contributed by atoms with Gasteiger partial charge in [-0.15, -0.1) is 0 Å². The van der Waals surface area contributed by atoms with Gasteiger partial charge < -0.3 is 18.9 Å². The molecule has 3 aromatic rings. The molecule has 0 bridgehead atoms. The van der Waals surface area contributed by atoms with Crippen LogP contribution in [0.4, 0.5) is 8.78 Å². The molecule has 8 nitrogen and oxygen atoms in total. The average Bonchev–Trinajstić information content (AvgIpc) is 2.97. The molecular formula is C36H30F2O8. The summed E-state index contributed by atoms with van der Waals surface area (Å²) in [6.07, 6.45) is 2.31. The fraction of sp³-hybridized carbons (Fsp3) is 0.111. The molecule has 0 radical (unpaired) electrons. The predicted octanol–water partition coefficient (Wildman–Crippen LogP) is 7.73. The third-order valence-electron chi connectivity index (χ3n) is 5.98. The first-order chi connectivity index (χ1) is 21.6. The van der Waals surface area contributed by atoms with Gasteiger partial charge in [0.05, 0.1) is 0 Å². The smallest absolute Gasteiger partial charge is 0.338 e. The second-order valence-electron chi connectivity index (χ2n) is 10.2. The molecule has 236 valence electrons. The van der Waals surface area contributed by atoms with Gasteiger partial charge in [-0.1, -0.05) is 44.5 Å². The number of benzene rings is 3. The van der Waals surface area contributed by atoms with Gasteiger partial charge in [0.2, 0.25) is 0 Å². The Hall–Kier alpha value is -5.90. The Morgan fingerprint density at radius 2 is 1.00 bits per heavy atom. The maximum Gasteiger partial charge on any atom is 0.338 e. The highest BCUT2D eigenvalue weighted by atomic mass is 19.1. The number of halogens is 2. The monoisotopic (exact) mass is 628 g/mol. The van der Waals surface area contributed by atoms with E-state index in [1.807, 2.05) is 0 Å². The van der Waals surface area contributed by atoms with E-state index in [4.69, 9.17) is 18.9 Å². The lowest BCUT2D eigenvalue weighted by molar-refractivity contribution is -0.131. The molecule has 3 rings (SSSR count). The van der Waals surface area contributed by atoms with Gasteiger partial charge in [-0.3, -0.25) is 0 Å². The maximum absolute atomic E-state index is 14.9.